The molecule has 0 spiro atoms. The maximum atomic E-state index is 5.59. The molecule has 5 heteroatoms. The number of halogens is 1. The van der Waals surface area contributed by atoms with Crippen molar-refractivity contribution in [3.05, 3.63) is 17.8 Å². The summed E-state index contributed by atoms with van der Waals surface area (Å²) >= 11 is 0. The zero-order chi connectivity index (χ0) is 11.5. The van der Waals surface area contributed by atoms with Crippen molar-refractivity contribution in [1.82, 2.24) is 15.2 Å². The van der Waals surface area contributed by atoms with Crippen molar-refractivity contribution in [3.63, 3.8) is 0 Å². The normalized spacial score (nSPS) is 23.1. The van der Waals surface area contributed by atoms with Crippen LogP contribution in [0, 0.1) is 6.92 Å². The second kappa shape index (κ2) is 6.38. The molecule has 2 atom stereocenters. The van der Waals surface area contributed by atoms with Crippen LogP contribution in [-0.4, -0.2) is 36.1 Å². The van der Waals surface area contributed by atoms with Gasteiger partial charge >= 0.3 is 0 Å². The topological polar surface area (TPSA) is 41.3 Å². The van der Waals surface area contributed by atoms with Gasteiger partial charge in [0, 0.05) is 12.6 Å². The van der Waals surface area contributed by atoms with Crippen LogP contribution in [0.2, 0.25) is 0 Å². The molecule has 0 radical (unpaired) electrons. The van der Waals surface area contributed by atoms with E-state index in [2.05, 4.69) is 22.1 Å². The number of piperidine rings is 1. The Morgan fingerprint density at radius 3 is 2.94 bits per heavy atom. The quantitative estimate of drug-likeness (QED) is 0.903. The third-order valence-electron chi connectivity index (χ3n) is 3.41. The van der Waals surface area contributed by atoms with Gasteiger partial charge in [-0.2, -0.15) is 0 Å². The van der Waals surface area contributed by atoms with Crippen LogP contribution >= 0.6 is 12.4 Å². The van der Waals surface area contributed by atoms with Crippen LogP contribution < -0.4 is 5.32 Å². The molecule has 1 aromatic rings. The van der Waals surface area contributed by atoms with Crippen LogP contribution in [0.15, 0.2) is 10.6 Å². The van der Waals surface area contributed by atoms with Gasteiger partial charge in [-0.05, 0) is 40.3 Å². The number of hydrogen-bond donors (Lipinski definition) is 1. The zero-order valence-corrected chi connectivity index (χ0v) is 11.6. The van der Waals surface area contributed by atoms with Gasteiger partial charge in [-0.3, -0.25) is 4.90 Å². The molecule has 2 heterocycles. The minimum absolute atomic E-state index is 0. The van der Waals surface area contributed by atoms with E-state index in [-0.39, 0.29) is 18.4 Å². The third kappa shape index (κ3) is 3.44. The summed E-state index contributed by atoms with van der Waals surface area (Å²) in [6.45, 7) is 6.33. The lowest BCUT2D eigenvalue weighted by Gasteiger charge is -2.35. The standard InChI is InChI=1S/C12H21N3O.ClH/c1-9-7-14-12(16-9)10(2)15-6-4-5-11(8-15)13-3;/h7,10-11,13H,4-6,8H2,1-3H3;1H. The molecule has 1 aliphatic rings. The monoisotopic (exact) mass is 259 g/mol. The van der Waals surface area contributed by atoms with Crippen molar-refractivity contribution in [2.24, 2.45) is 0 Å². The van der Waals surface area contributed by atoms with Crippen molar-refractivity contribution >= 4 is 12.4 Å². The van der Waals surface area contributed by atoms with Gasteiger partial charge in [0.15, 0.2) is 0 Å². The molecule has 0 bridgehead atoms. The lowest BCUT2D eigenvalue weighted by molar-refractivity contribution is 0.131. The third-order valence-corrected chi connectivity index (χ3v) is 3.41. The minimum atomic E-state index is 0. The summed E-state index contributed by atoms with van der Waals surface area (Å²) in [5, 5.41) is 3.35. The first-order valence-corrected chi connectivity index (χ1v) is 6.04. The van der Waals surface area contributed by atoms with Gasteiger partial charge in [0.25, 0.3) is 0 Å². The van der Waals surface area contributed by atoms with Crippen LogP contribution in [0.1, 0.15) is 37.5 Å². The van der Waals surface area contributed by atoms with E-state index in [0.29, 0.717) is 6.04 Å². The number of likely N-dealkylation sites (tertiary alicyclic amines) is 1. The molecule has 1 aromatic heterocycles. The molecule has 1 aliphatic heterocycles. The zero-order valence-electron chi connectivity index (χ0n) is 10.8. The molecule has 0 amide bonds. The second-order valence-corrected chi connectivity index (χ2v) is 4.61. The molecule has 0 saturated carbocycles. The molecule has 98 valence electrons. The van der Waals surface area contributed by atoms with Crippen LogP contribution in [0.3, 0.4) is 0 Å². The lowest BCUT2D eigenvalue weighted by Crippen LogP contribution is -2.45. The van der Waals surface area contributed by atoms with Crippen LogP contribution in [0.25, 0.3) is 0 Å². The van der Waals surface area contributed by atoms with E-state index in [9.17, 15) is 0 Å². The number of rotatable bonds is 3. The van der Waals surface area contributed by atoms with E-state index in [1.807, 2.05) is 14.0 Å². The molecular formula is C12H22ClN3O. The summed E-state index contributed by atoms with van der Waals surface area (Å²) in [6, 6.07) is 0.886. The number of oxazole rings is 1. The summed E-state index contributed by atoms with van der Waals surface area (Å²) < 4.78 is 5.59. The van der Waals surface area contributed by atoms with E-state index in [0.717, 1.165) is 24.7 Å². The number of nitrogens with zero attached hydrogens (tertiary/aromatic N) is 2. The van der Waals surface area contributed by atoms with Crippen LogP contribution in [-0.2, 0) is 0 Å². The van der Waals surface area contributed by atoms with Crippen molar-refractivity contribution < 1.29 is 4.42 Å². The molecule has 2 rings (SSSR count). The predicted octanol–water partition coefficient (Wildman–Crippen LogP) is 2.15. The lowest BCUT2D eigenvalue weighted by atomic mass is 10.0. The Balaban J connectivity index is 0.00000144. The van der Waals surface area contributed by atoms with Gasteiger partial charge in [-0.25, -0.2) is 4.98 Å². The molecule has 2 unspecified atom stereocenters. The Bertz CT molecular complexity index is 342. The number of aromatic nitrogens is 1. The summed E-state index contributed by atoms with van der Waals surface area (Å²) in [5.74, 6) is 1.73. The molecule has 17 heavy (non-hydrogen) atoms. The average molecular weight is 260 g/mol. The van der Waals surface area contributed by atoms with Gasteiger partial charge in [0.1, 0.15) is 5.76 Å². The van der Waals surface area contributed by atoms with Crippen molar-refractivity contribution in [2.45, 2.75) is 38.8 Å². The first-order valence-electron chi connectivity index (χ1n) is 6.04. The second-order valence-electron chi connectivity index (χ2n) is 4.61. The Hall–Kier alpha value is -0.580. The molecule has 1 N–H and O–H groups in total. The average Bonchev–Trinajstić information content (AvgIpc) is 2.75. The Labute approximate surface area is 109 Å². The molecule has 1 saturated heterocycles. The van der Waals surface area contributed by atoms with Crippen molar-refractivity contribution in [2.75, 3.05) is 20.1 Å². The number of likely N-dealkylation sites (N-methyl/N-ethyl adjacent to an activating group) is 1. The Morgan fingerprint density at radius 2 is 2.35 bits per heavy atom. The Kier molecular flexibility index (Phi) is 5.43. The molecule has 1 fully saturated rings. The summed E-state index contributed by atoms with van der Waals surface area (Å²) in [7, 11) is 2.04. The minimum Gasteiger partial charge on any atom is -0.444 e. The van der Waals surface area contributed by atoms with E-state index >= 15 is 0 Å². The highest BCUT2D eigenvalue weighted by atomic mass is 35.5. The molecule has 0 aromatic carbocycles. The first-order chi connectivity index (χ1) is 7.70. The van der Waals surface area contributed by atoms with Gasteiger partial charge in [-0.1, -0.05) is 0 Å². The van der Waals surface area contributed by atoms with E-state index in [1.54, 1.807) is 6.20 Å². The maximum absolute atomic E-state index is 5.59. The van der Waals surface area contributed by atoms with Gasteiger partial charge in [0.05, 0.1) is 12.2 Å². The van der Waals surface area contributed by atoms with Gasteiger partial charge in [-0.15, -0.1) is 12.4 Å². The predicted molar refractivity (Wildman–Crippen MR) is 70.6 cm³/mol. The largest absolute Gasteiger partial charge is 0.444 e. The van der Waals surface area contributed by atoms with E-state index < -0.39 is 0 Å². The van der Waals surface area contributed by atoms with E-state index in [1.165, 1.54) is 12.8 Å². The number of aryl methyl sites for hydroxylation is 1. The Morgan fingerprint density at radius 1 is 1.59 bits per heavy atom. The fourth-order valence-corrected chi connectivity index (χ4v) is 2.32. The van der Waals surface area contributed by atoms with Gasteiger partial charge < -0.3 is 9.73 Å². The van der Waals surface area contributed by atoms with Crippen LogP contribution in [0.4, 0.5) is 0 Å². The van der Waals surface area contributed by atoms with Crippen molar-refractivity contribution in [1.29, 1.82) is 0 Å². The molecule has 0 aliphatic carbocycles. The SMILES string of the molecule is CNC1CCCN(C(C)c2ncc(C)o2)C1.Cl. The summed E-state index contributed by atoms with van der Waals surface area (Å²) in [4.78, 5) is 6.75. The highest BCUT2D eigenvalue weighted by Gasteiger charge is 2.25. The highest BCUT2D eigenvalue weighted by Crippen LogP contribution is 2.23. The number of hydrogen-bond acceptors (Lipinski definition) is 4. The summed E-state index contributed by atoms with van der Waals surface area (Å²) in [6.07, 6.45) is 4.31. The van der Waals surface area contributed by atoms with E-state index in [4.69, 9.17) is 4.42 Å². The van der Waals surface area contributed by atoms with Gasteiger partial charge in [0.2, 0.25) is 5.89 Å². The first kappa shape index (κ1) is 14.5. The molecule has 4 nitrogen and oxygen atoms in total. The summed E-state index contributed by atoms with van der Waals surface area (Å²) in [5.41, 5.74) is 0. The smallest absolute Gasteiger partial charge is 0.211 e. The highest BCUT2D eigenvalue weighted by molar-refractivity contribution is 5.85. The van der Waals surface area contributed by atoms with Crippen molar-refractivity contribution in [3.8, 4) is 0 Å². The fraction of sp³-hybridized carbons (Fsp3) is 0.750. The number of nitrogens with one attached hydrogen (secondary N) is 1. The molecular weight excluding hydrogens is 238 g/mol. The van der Waals surface area contributed by atoms with Crippen LogP contribution in [0.5, 0.6) is 0 Å². The fourth-order valence-electron chi connectivity index (χ4n) is 2.32. The maximum Gasteiger partial charge on any atom is 0.211 e.